The van der Waals surface area contributed by atoms with Crippen molar-refractivity contribution < 1.29 is 18.0 Å². The lowest BCUT2D eigenvalue weighted by Gasteiger charge is -2.35. The Labute approximate surface area is 176 Å². The molecule has 160 valence electrons. The summed E-state index contributed by atoms with van der Waals surface area (Å²) in [5.41, 5.74) is 6.74. The molecule has 0 radical (unpaired) electrons. The van der Waals surface area contributed by atoms with Crippen molar-refractivity contribution in [2.45, 2.75) is 39.0 Å². The number of carbonyl (C=O) groups is 1. The average molecular weight is 441 g/mol. The minimum atomic E-state index is -4.63. The van der Waals surface area contributed by atoms with E-state index in [1.807, 2.05) is 29.6 Å². The molecule has 2 aliphatic rings. The van der Waals surface area contributed by atoms with Crippen LogP contribution in [0.1, 0.15) is 36.2 Å². The molecule has 0 fully saturated rings. The molecule has 0 aliphatic carbocycles. The Morgan fingerprint density at radius 3 is 2.80 bits per heavy atom. The van der Waals surface area contributed by atoms with Gasteiger partial charge in [0.1, 0.15) is 5.82 Å². The normalized spacial score (nSPS) is 19.2. The number of nitrogens with zero attached hydrogens (tertiary/aromatic N) is 4. The standard InChI is InChI=1S/C19H20ClF3N6O/c1-3-28-15(7-9-24-28)29-14-8-10-27(11(2)17(14)25-26-29)18(30)12-5-4-6-13(16(12)20)19(21,22)23/h4-7,9,11,25-26H,3,8,10H2,1-2H3/t11-/m0/s1. The van der Waals surface area contributed by atoms with E-state index in [4.69, 9.17) is 11.6 Å². The Morgan fingerprint density at radius 2 is 2.10 bits per heavy atom. The van der Waals surface area contributed by atoms with E-state index in [1.165, 1.54) is 17.0 Å². The lowest BCUT2D eigenvalue weighted by Crippen LogP contribution is -2.46. The molecule has 0 unspecified atom stereocenters. The number of hydrogen-bond donors (Lipinski definition) is 2. The van der Waals surface area contributed by atoms with Crippen LogP contribution in [0.5, 0.6) is 0 Å². The second kappa shape index (κ2) is 7.51. The first-order valence-corrected chi connectivity index (χ1v) is 9.85. The van der Waals surface area contributed by atoms with E-state index in [0.717, 1.165) is 23.3 Å². The maximum atomic E-state index is 13.2. The predicted molar refractivity (Wildman–Crippen MR) is 105 cm³/mol. The minimum Gasteiger partial charge on any atom is -0.330 e. The van der Waals surface area contributed by atoms with Crippen molar-refractivity contribution in [2.75, 3.05) is 11.6 Å². The van der Waals surface area contributed by atoms with Gasteiger partial charge < -0.3 is 10.3 Å². The minimum absolute atomic E-state index is 0.158. The Morgan fingerprint density at radius 1 is 1.33 bits per heavy atom. The molecule has 1 aromatic heterocycles. The molecule has 0 bridgehead atoms. The van der Waals surface area contributed by atoms with Gasteiger partial charge in [-0.15, -0.1) is 5.53 Å². The number of benzene rings is 1. The topological polar surface area (TPSA) is 65.4 Å². The summed E-state index contributed by atoms with van der Waals surface area (Å²) in [6.45, 7) is 4.84. The number of carbonyl (C=O) groups excluding carboxylic acids is 1. The van der Waals surface area contributed by atoms with Gasteiger partial charge in [0, 0.05) is 25.6 Å². The van der Waals surface area contributed by atoms with Gasteiger partial charge in [-0.3, -0.25) is 4.79 Å². The van der Waals surface area contributed by atoms with Crippen LogP contribution >= 0.6 is 11.6 Å². The van der Waals surface area contributed by atoms with E-state index in [9.17, 15) is 18.0 Å². The first kappa shape index (κ1) is 20.5. The number of hydrazine groups is 2. The number of aryl methyl sites for hydroxylation is 1. The molecule has 2 aliphatic heterocycles. The first-order chi connectivity index (χ1) is 14.2. The van der Waals surface area contributed by atoms with Crippen molar-refractivity contribution in [3.8, 4) is 0 Å². The number of alkyl halides is 3. The molecular weight excluding hydrogens is 421 g/mol. The molecule has 11 heteroatoms. The summed E-state index contributed by atoms with van der Waals surface area (Å²) in [5.74, 6) is 0.312. The van der Waals surface area contributed by atoms with Crippen LogP contribution in [0.25, 0.3) is 0 Å². The number of aromatic nitrogens is 2. The van der Waals surface area contributed by atoms with Crippen LogP contribution in [0.4, 0.5) is 19.0 Å². The smallest absolute Gasteiger partial charge is 0.330 e. The van der Waals surface area contributed by atoms with Gasteiger partial charge in [-0.05, 0) is 26.0 Å². The summed E-state index contributed by atoms with van der Waals surface area (Å²) in [7, 11) is 0. The van der Waals surface area contributed by atoms with E-state index in [1.54, 1.807) is 6.20 Å². The third-order valence-corrected chi connectivity index (χ3v) is 5.78. The molecule has 30 heavy (non-hydrogen) atoms. The van der Waals surface area contributed by atoms with Crippen LogP contribution in [-0.2, 0) is 12.7 Å². The van der Waals surface area contributed by atoms with Crippen LogP contribution in [0.3, 0.4) is 0 Å². The van der Waals surface area contributed by atoms with Crippen molar-refractivity contribution in [3.63, 3.8) is 0 Å². The zero-order chi connectivity index (χ0) is 21.6. The monoisotopic (exact) mass is 440 g/mol. The molecule has 7 nitrogen and oxygen atoms in total. The lowest BCUT2D eigenvalue weighted by molar-refractivity contribution is -0.137. The SMILES string of the molecule is CCn1nccc1N1NNC2=C1CCN(C(=O)c1cccc(C(F)(F)F)c1Cl)[C@H]2C. The fourth-order valence-electron chi connectivity index (χ4n) is 3.85. The number of anilines is 1. The molecule has 0 spiro atoms. The van der Waals surface area contributed by atoms with Crippen molar-refractivity contribution in [1.82, 2.24) is 25.6 Å². The number of nitrogens with one attached hydrogen (secondary N) is 2. The fraction of sp³-hybridized carbons (Fsp3) is 0.368. The second-order valence-corrected chi connectivity index (χ2v) is 7.41. The maximum Gasteiger partial charge on any atom is 0.417 e. The highest BCUT2D eigenvalue weighted by Gasteiger charge is 2.39. The summed E-state index contributed by atoms with van der Waals surface area (Å²) in [5, 5.41) is 5.57. The maximum absolute atomic E-state index is 13.2. The Balaban J connectivity index is 1.62. The van der Waals surface area contributed by atoms with Gasteiger partial charge in [0.25, 0.3) is 5.91 Å². The predicted octanol–water partition coefficient (Wildman–Crippen LogP) is 3.55. The van der Waals surface area contributed by atoms with Crippen LogP contribution in [0, 0.1) is 0 Å². The van der Waals surface area contributed by atoms with Gasteiger partial charge in [-0.25, -0.2) is 9.69 Å². The molecule has 0 saturated heterocycles. The van der Waals surface area contributed by atoms with Crippen LogP contribution in [0.2, 0.25) is 5.02 Å². The van der Waals surface area contributed by atoms with E-state index < -0.39 is 22.7 Å². The summed E-state index contributed by atoms with van der Waals surface area (Å²) < 4.78 is 41.4. The highest BCUT2D eigenvalue weighted by Crippen LogP contribution is 2.38. The van der Waals surface area contributed by atoms with Crippen molar-refractivity contribution in [1.29, 1.82) is 0 Å². The number of rotatable bonds is 3. The fourth-order valence-corrected chi connectivity index (χ4v) is 4.16. The molecule has 4 rings (SSSR count). The van der Waals surface area contributed by atoms with Crippen molar-refractivity contribution >= 4 is 23.3 Å². The highest BCUT2D eigenvalue weighted by atomic mass is 35.5. The molecule has 1 atom stereocenters. The highest BCUT2D eigenvalue weighted by molar-refractivity contribution is 6.34. The molecule has 1 amide bonds. The third kappa shape index (κ3) is 3.29. The number of amides is 1. The molecule has 1 aromatic carbocycles. The molecule has 2 aromatic rings. The van der Waals surface area contributed by atoms with Crippen LogP contribution in [0.15, 0.2) is 41.9 Å². The number of halogens is 4. The summed E-state index contributed by atoms with van der Waals surface area (Å²) in [4.78, 5) is 14.6. The Kier molecular flexibility index (Phi) is 5.15. The van der Waals surface area contributed by atoms with Crippen LogP contribution < -0.4 is 16.0 Å². The quantitative estimate of drug-likeness (QED) is 0.764. The van der Waals surface area contributed by atoms with Gasteiger partial charge >= 0.3 is 6.18 Å². The van der Waals surface area contributed by atoms with Gasteiger partial charge in [0.2, 0.25) is 0 Å². The van der Waals surface area contributed by atoms with E-state index in [2.05, 4.69) is 16.1 Å². The van der Waals surface area contributed by atoms with Gasteiger partial charge in [-0.1, -0.05) is 17.7 Å². The average Bonchev–Trinajstić information content (AvgIpc) is 3.33. The molecule has 3 heterocycles. The van der Waals surface area contributed by atoms with Crippen molar-refractivity contribution in [3.05, 3.63) is 58.0 Å². The summed E-state index contributed by atoms with van der Waals surface area (Å²) in [6, 6.07) is 4.88. The van der Waals surface area contributed by atoms with Gasteiger partial charge in [-0.2, -0.15) is 18.3 Å². The van der Waals surface area contributed by atoms with Crippen LogP contribution in [-0.4, -0.2) is 33.2 Å². The summed E-state index contributed by atoms with van der Waals surface area (Å²) in [6.07, 6.45) is -2.41. The first-order valence-electron chi connectivity index (χ1n) is 9.47. The zero-order valence-electron chi connectivity index (χ0n) is 16.3. The molecule has 0 saturated carbocycles. The Hall–Kier alpha value is -2.72. The molecule has 2 N–H and O–H groups in total. The van der Waals surface area contributed by atoms with Crippen molar-refractivity contribution in [2.24, 2.45) is 0 Å². The molecular formula is C19H20ClF3N6O. The number of hydrogen-bond acceptors (Lipinski definition) is 5. The van der Waals surface area contributed by atoms with E-state index >= 15 is 0 Å². The van der Waals surface area contributed by atoms with Gasteiger partial charge in [0.15, 0.2) is 0 Å². The second-order valence-electron chi connectivity index (χ2n) is 7.03. The lowest BCUT2D eigenvalue weighted by atomic mass is 10.0. The largest absolute Gasteiger partial charge is 0.417 e. The van der Waals surface area contributed by atoms with E-state index in [-0.39, 0.29) is 11.6 Å². The Bertz CT molecular complexity index is 1020. The van der Waals surface area contributed by atoms with E-state index in [0.29, 0.717) is 19.5 Å². The summed E-state index contributed by atoms with van der Waals surface area (Å²) >= 11 is 5.97. The van der Waals surface area contributed by atoms with Gasteiger partial charge in [0.05, 0.1) is 39.8 Å². The third-order valence-electron chi connectivity index (χ3n) is 5.38. The zero-order valence-corrected chi connectivity index (χ0v) is 17.1.